The largest absolute Gasteiger partial charge is 0.464 e. The van der Waals surface area contributed by atoms with Gasteiger partial charge in [0.1, 0.15) is 17.4 Å². The Morgan fingerprint density at radius 1 is 1.58 bits per heavy atom. The molecule has 7 nitrogen and oxygen atoms in total. The van der Waals surface area contributed by atoms with E-state index < -0.39 is 6.04 Å². The number of likely N-dealkylation sites (tertiary alicyclic amines) is 1. The van der Waals surface area contributed by atoms with Gasteiger partial charge in [0.05, 0.1) is 12.8 Å². The molecule has 1 aliphatic heterocycles. The van der Waals surface area contributed by atoms with Crippen LogP contribution in [0.25, 0.3) is 0 Å². The molecule has 1 atom stereocenters. The third-order valence-electron chi connectivity index (χ3n) is 3.22. The van der Waals surface area contributed by atoms with Crippen molar-refractivity contribution in [3.8, 4) is 0 Å². The van der Waals surface area contributed by atoms with Gasteiger partial charge in [0.25, 0.3) is 5.91 Å². The summed E-state index contributed by atoms with van der Waals surface area (Å²) in [6, 6.07) is -0.518. The predicted octanol–water partition coefficient (Wildman–Crippen LogP) is 0.550. The summed E-state index contributed by atoms with van der Waals surface area (Å²) >= 11 is 0. The van der Waals surface area contributed by atoms with E-state index in [-0.39, 0.29) is 17.7 Å². The summed E-state index contributed by atoms with van der Waals surface area (Å²) in [7, 11) is 0. The first kappa shape index (κ1) is 13.4. The number of hydrogen-bond acceptors (Lipinski definition) is 5. The molecule has 0 bridgehead atoms. The molecule has 0 aliphatic carbocycles. The van der Waals surface area contributed by atoms with Crippen molar-refractivity contribution in [2.45, 2.75) is 32.2 Å². The average molecular weight is 266 g/mol. The molecule has 1 aromatic rings. The maximum absolute atomic E-state index is 12.4. The van der Waals surface area contributed by atoms with Gasteiger partial charge in [0.15, 0.2) is 0 Å². The molecule has 1 saturated heterocycles. The zero-order valence-corrected chi connectivity index (χ0v) is 10.9. The molecule has 0 spiro atoms. The molecule has 104 valence electrons. The number of aromatic nitrogens is 2. The standard InChI is InChI=1S/C12H18N4O3/c1-2-19-12(18)9-5-3-4-6-16(9)11(17)8-7-14-15-10(8)13/h7,9H,2-6H2,1H3,(H3,13,14,15). The summed E-state index contributed by atoms with van der Waals surface area (Å²) in [5.74, 6) is -0.403. The van der Waals surface area contributed by atoms with Crippen molar-refractivity contribution >= 4 is 17.7 Å². The smallest absolute Gasteiger partial charge is 0.328 e. The third kappa shape index (κ3) is 2.69. The van der Waals surface area contributed by atoms with Gasteiger partial charge in [-0.3, -0.25) is 9.89 Å². The summed E-state index contributed by atoms with van der Waals surface area (Å²) < 4.78 is 5.02. The number of rotatable bonds is 3. The van der Waals surface area contributed by atoms with E-state index in [9.17, 15) is 9.59 Å². The van der Waals surface area contributed by atoms with Crippen molar-refractivity contribution in [2.75, 3.05) is 18.9 Å². The highest BCUT2D eigenvalue weighted by atomic mass is 16.5. The van der Waals surface area contributed by atoms with Crippen LogP contribution in [0, 0.1) is 0 Å². The van der Waals surface area contributed by atoms with Crippen LogP contribution in [0.2, 0.25) is 0 Å². The maximum Gasteiger partial charge on any atom is 0.328 e. The highest BCUT2D eigenvalue weighted by Gasteiger charge is 2.34. The number of ether oxygens (including phenoxy) is 1. The number of esters is 1. The number of aromatic amines is 1. The van der Waals surface area contributed by atoms with Gasteiger partial charge in [-0.2, -0.15) is 5.10 Å². The Kier molecular flexibility index (Phi) is 4.03. The number of piperidine rings is 1. The Hall–Kier alpha value is -2.05. The lowest BCUT2D eigenvalue weighted by Crippen LogP contribution is -2.48. The molecule has 1 aromatic heterocycles. The molecule has 1 unspecified atom stereocenters. The van der Waals surface area contributed by atoms with E-state index in [4.69, 9.17) is 10.5 Å². The monoisotopic (exact) mass is 266 g/mol. The molecule has 1 fully saturated rings. The fourth-order valence-corrected chi connectivity index (χ4v) is 2.28. The number of nitrogens with one attached hydrogen (secondary N) is 1. The number of hydrogen-bond donors (Lipinski definition) is 2. The summed E-state index contributed by atoms with van der Waals surface area (Å²) in [4.78, 5) is 25.8. The Morgan fingerprint density at radius 3 is 3.00 bits per heavy atom. The van der Waals surface area contributed by atoms with Crippen molar-refractivity contribution in [1.29, 1.82) is 0 Å². The molecule has 3 N–H and O–H groups in total. The molecule has 19 heavy (non-hydrogen) atoms. The van der Waals surface area contributed by atoms with Crippen LogP contribution in [0.4, 0.5) is 5.82 Å². The quantitative estimate of drug-likeness (QED) is 0.778. The number of carbonyl (C=O) groups excluding carboxylic acids is 2. The van der Waals surface area contributed by atoms with Crippen LogP contribution in [0.15, 0.2) is 6.20 Å². The fourth-order valence-electron chi connectivity index (χ4n) is 2.28. The first-order valence-electron chi connectivity index (χ1n) is 6.41. The second kappa shape index (κ2) is 5.73. The second-order valence-electron chi connectivity index (χ2n) is 4.46. The lowest BCUT2D eigenvalue weighted by atomic mass is 10.0. The molecule has 1 aliphatic rings. The Morgan fingerprint density at radius 2 is 2.37 bits per heavy atom. The molecular formula is C12H18N4O3. The SMILES string of the molecule is CCOC(=O)C1CCCCN1C(=O)c1cn[nH]c1N. The van der Waals surface area contributed by atoms with E-state index >= 15 is 0 Å². The molecule has 7 heteroatoms. The number of nitrogens with zero attached hydrogens (tertiary/aromatic N) is 2. The minimum Gasteiger partial charge on any atom is -0.464 e. The van der Waals surface area contributed by atoms with Crippen LogP contribution in [0.1, 0.15) is 36.5 Å². The molecule has 0 radical (unpaired) electrons. The minimum absolute atomic E-state index is 0.221. The van der Waals surface area contributed by atoms with Crippen molar-refractivity contribution < 1.29 is 14.3 Å². The highest BCUT2D eigenvalue weighted by molar-refractivity contribution is 6.00. The van der Waals surface area contributed by atoms with Gasteiger partial charge in [0.2, 0.25) is 0 Å². The van der Waals surface area contributed by atoms with Gasteiger partial charge in [-0.25, -0.2) is 4.79 Å². The first-order valence-corrected chi connectivity index (χ1v) is 6.41. The lowest BCUT2D eigenvalue weighted by Gasteiger charge is -2.33. The fraction of sp³-hybridized carbons (Fsp3) is 0.583. The van der Waals surface area contributed by atoms with Gasteiger partial charge in [0, 0.05) is 6.54 Å². The normalized spacial score (nSPS) is 19.2. The van der Waals surface area contributed by atoms with Gasteiger partial charge >= 0.3 is 5.97 Å². The number of nitrogens with two attached hydrogens (primary N) is 1. The number of amides is 1. The van der Waals surface area contributed by atoms with Gasteiger partial charge < -0.3 is 15.4 Å². The molecule has 1 amide bonds. The van der Waals surface area contributed by atoms with Gasteiger partial charge in [-0.1, -0.05) is 0 Å². The van der Waals surface area contributed by atoms with Crippen LogP contribution in [-0.4, -0.2) is 46.2 Å². The van der Waals surface area contributed by atoms with E-state index in [0.717, 1.165) is 12.8 Å². The van der Waals surface area contributed by atoms with Crippen LogP contribution in [0.5, 0.6) is 0 Å². The van der Waals surface area contributed by atoms with E-state index in [1.807, 2.05) is 0 Å². The van der Waals surface area contributed by atoms with Crippen LogP contribution in [-0.2, 0) is 9.53 Å². The Bertz CT molecular complexity index is 471. The Labute approximate surface area is 111 Å². The van der Waals surface area contributed by atoms with Crippen LogP contribution in [0.3, 0.4) is 0 Å². The van der Waals surface area contributed by atoms with E-state index in [0.29, 0.717) is 25.1 Å². The number of H-pyrrole nitrogens is 1. The van der Waals surface area contributed by atoms with E-state index in [2.05, 4.69) is 10.2 Å². The van der Waals surface area contributed by atoms with Crippen molar-refractivity contribution in [1.82, 2.24) is 15.1 Å². The van der Waals surface area contributed by atoms with Gasteiger partial charge in [-0.05, 0) is 26.2 Å². The lowest BCUT2D eigenvalue weighted by molar-refractivity contribution is -0.149. The highest BCUT2D eigenvalue weighted by Crippen LogP contribution is 2.22. The molecular weight excluding hydrogens is 248 g/mol. The van der Waals surface area contributed by atoms with Crippen LogP contribution >= 0.6 is 0 Å². The third-order valence-corrected chi connectivity index (χ3v) is 3.22. The van der Waals surface area contributed by atoms with Gasteiger partial charge in [-0.15, -0.1) is 0 Å². The molecule has 2 heterocycles. The molecule has 0 aromatic carbocycles. The number of nitrogen functional groups attached to an aromatic ring is 1. The first-order chi connectivity index (χ1) is 9.15. The second-order valence-corrected chi connectivity index (χ2v) is 4.46. The molecule has 0 saturated carbocycles. The maximum atomic E-state index is 12.4. The zero-order valence-electron chi connectivity index (χ0n) is 10.9. The summed E-state index contributed by atoms with van der Waals surface area (Å²) in [5.41, 5.74) is 5.95. The topological polar surface area (TPSA) is 101 Å². The molecule has 2 rings (SSSR count). The zero-order chi connectivity index (χ0) is 13.8. The predicted molar refractivity (Wildman–Crippen MR) is 68.3 cm³/mol. The number of carbonyl (C=O) groups is 2. The van der Waals surface area contributed by atoms with Crippen molar-refractivity contribution in [3.05, 3.63) is 11.8 Å². The summed E-state index contributed by atoms with van der Waals surface area (Å²) in [6.07, 6.45) is 3.80. The van der Waals surface area contributed by atoms with E-state index in [1.54, 1.807) is 6.92 Å². The van der Waals surface area contributed by atoms with Crippen molar-refractivity contribution in [3.63, 3.8) is 0 Å². The minimum atomic E-state index is -0.518. The van der Waals surface area contributed by atoms with Crippen molar-refractivity contribution in [2.24, 2.45) is 0 Å². The Balaban J connectivity index is 2.18. The summed E-state index contributed by atoms with van der Waals surface area (Å²) in [5, 5.41) is 6.25. The summed E-state index contributed by atoms with van der Waals surface area (Å²) in [6.45, 7) is 2.60. The number of anilines is 1. The van der Waals surface area contributed by atoms with E-state index in [1.165, 1.54) is 11.1 Å². The average Bonchev–Trinajstić information content (AvgIpc) is 2.84. The van der Waals surface area contributed by atoms with Crippen LogP contribution < -0.4 is 5.73 Å².